The standard InChI is InChI=1S/C8H13N3O2/c1-9-5-6(12)7-8(13-2)11-4-3-10-7/h3-4,6,9,12H,5H2,1-2H3. The molecule has 72 valence electrons. The van der Waals surface area contributed by atoms with Gasteiger partial charge in [-0.2, -0.15) is 0 Å². The molecule has 0 radical (unpaired) electrons. The first-order chi connectivity index (χ1) is 6.29. The molecule has 0 fully saturated rings. The molecule has 1 atom stereocenters. The number of methoxy groups -OCH3 is 1. The summed E-state index contributed by atoms with van der Waals surface area (Å²) < 4.78 is 4.95. The van der Waals surface area contributed by atoms with Gasteiger partial charge in [-0.1, -0.05) is 0 Å². The molecule has 0 aromatic carbocycles. The highest BCUT2D eigenvalue weighted by Gasteiger charge is 2.14. The van der Waals surface area contributed by atoms with Gasteiger partial charge in [0.2, 0.25) is 5.88 Å². The summed E-state index contributed by atoms with van der Waals surface area (Å²) in [6.45, 7) is 0.426. The van der Waals surface area contributed by atoms with Gasteiger partial charge in [-0.05, 0) is 7.05 Å². The lowest BCUT2D eigenvalue weighted by Gasteiger charge is -2.11. The molecular weight excluding hydrogens is 170 g/mol. The third-order valence-corrected chi connectivity index (χ3v) is 1.60. The zero-order valence-corrected chi connectivity index (χ0v) is 7.69. The van der Waals surface area contributed by atoms with E-state index in [1.165, 1.54) is 19.5 Å². The molecule has 0 aliphatic heterocycles. The lowest BCUT2D eigenvalue weighted by molar-refractivity contribution is 0.167. The maximum Gasteiger partial charge on any atom is 0.238 e. The van der Waals surface area contributed by atoms with E-state index in [0.717, 1.165) is 0 Å². The molecule has 0 saturated heterocycles. The van der Waals surface area contributed by atoms with Gasteiger partial charge in [0.05, 0.1) is 7.11 Å². The summed E-state index contributed by atoms with van der Waals surface area (Å²) in [5.41, 5.74) is 0.458. The SMILES string of the molecule is CNCC(O)c1nccnc1OC. The molecule has 1 aromatic heterocycles. The maximum absolute atomic E-state index is 9.59. The second-order valence-corrected chi connectivity index (χ2v) is 2.52. The summed E-state index contributed by atoms with van der Waals surface area (Å²) in [7, 11) is 3.26. The summed E-state index contributed by atoms with van der Waals surface area (Å²) in [5.74, 6) is 0.366. The van der Waals surface area contributed by atoms with Gasteiger partial charge in [0.15, 0.2) is 0 Å². The first kappa shape index (κ1) is 9.88. The topological polar surface area (TPSA) is 67.3 Å². The number of aromatic nitrogens is 2. The molecule has 0 spiro atoms. The third-order valence-electron chi connectivity index (χ3n) is 1.60. The number of aliphatic hydroxyl groups excluding tert-OH is 1. The van der Waals surface area contributed by atoms with E-state index in [0.29, 0.717) is 18.1 Å². The Labute approximate surface area is 76.8 Å². The minimum absolute atomic E-state index is 0.366. The number of nitrogens with one attached hydrogen (secondary N) is 1. The molecular formula is C8H13N3O2. The van der Waals surface area contributed by atoms with E-state index in [1.807, 2.05) is 0 Å². The van der Waals surface area contributed by atoms with E-state index < -0.39 is 6.10 Å². The van der Waals surface area contributed by atoms with E-state index in [1.54, 1.807) is 7.05 Å². The highest BCUT2D eigenvalue weighted by atomic mass is 16.5. The van der Waals surface area contributed by atoms with E-state index in [9.17, 15) is 5.11 Å². The van der Waals surface area contributed by atoms with Gasteiger partial charge in [-0.25, -0.2) is 4.98 Å². The number of hydrogen-bond donors (Lipinski definition) is 2. The number of rotatable bonds is 4. The van der Waals surface area contributed by atoms with E-state index in [4.69, 9.17) is 4.74 Å². The van der Waals surface area contributed by atoms with Gasteiger partial charge in [-0.3, -0.25) is 4.98 Å². The van der Waals surface area contributed by atoms with Crippen LogP contribution in [0.25, 0.3) is 0 Å². The van der Waals surface area contributed by atoms with Crippen LogP contribution >= 0.6 is 0 Å². The zero-order valence-electron chi connectivity index (χ0n) is 7.69. The first-order valence-corrected chi connectivity index (χ1v) is 3.97. The fraction of sp³-hybridized carbons (Fsp3) is 0.500. The van der Waals surface area contributed by atoms with Crippen LogP contribution in [0.4, 0.5) is 0 Å². The van der Waals surface area contributed by atoms with Crippen molar-refractivity contribution in [2.45, 2.75) is 6.10 Å². The molecule has 5 heteroatoms. The van der Waals surface area contributed by atoms with Crippen LogP contribution in [0.3, 0.4) is 0 Å². The predicted octanol–water partition coefficient (Wildman–Crippen LogP) is -0.262. The Morgan fingerprint density at radius 2 is 2.23 bits per heavy atom. The Hall–Kier alpha value is -1.20. The summed E-state index contributed by atoms with van der Waals surface area (Å²) in [6, 6.07) is 0. The number of ether oxygens (including phenoxy) is 1. The van der Waals surface area contributed by atoms with Crippen molar-refractivity contribution in [3.8, 4) is 5.88 Å². The highest BCUT2D eigenvalue weighted by molar-refractivity contribution is 5.19. The molecule has 2 N–H and O–H groups in total. The molecule has 5 nitrogen and oxygen atoms in total. The molecule has 0 bridgehead atoms. The van der Waals surface area contributed by atoms with Crippen molar-refractivity contribution in [2.75, 3.05) is 20.7 Å². The summed E-state index contributed by atoms with van der Waals surface area (Å²) >= 11 is 0. The maximum atomic E-state index is 9.59. The third kappa shape index (κ3) is 2.37. The van der Waals surface area contributed by atoms with Gasteiger partial charge in [-0.15, -0.1) is 0 Å². The molecule has 1 heterocycles. The molecule has 0 amide bonds. The number of hydrogen-bond acceptors (Lipinski definition) is 5. The van der Waals surface area contributed by atoms with Crippen LogP contribution in [-0.2, 0) is 0 Å². The Morgan fingerprint density at radius 1 is 1.54 bits per heavy atom. The average Bonchev–Trinajstić information content (AvgIpc) is 2.18. The van der Waals surface area contributed by atoms with Crippen LogP contribution in [0.2, 0.25) is 0 Å². The van der Waals surface area contributed by atoms with Crippen molar-refractivity contribution in [1.29, 1.82) is 0 Å². The molecule has 0 aliphatic carbocycles. The van der Waals surface area contributed by atoms with Crippen LogP contribution in [0, 0.1) is 0 Å². The minimum atomic E-state index is -0.686. The van der Waals surface area contributed by atoms with Crippen LogP contribution < -0.4 is 10.1 Å². The van der Waals surface area contributed by atoms with Crippen molar-refractivity contribution >= 4 is 0 Å². The summed E-state index contributed by atoms with van der Waals surface area (Å²) in [6.07, 6.45) is 2.36. The molecule has 0 saturated carbocycles. The Balaban J connectivity index is 2.85. The Bertz CT molecular complexity index is 267. The number of aliphatic hydroxyl groups is 1. The minimum Gasteiger partial charge on any atom is -0.480 e. The fourth-order valence-corrected chi connectivity index (χ4v) is 1.01. The number of likely N-dealkylation sites (N-methyl/N-ethyl adjacent to an activating group) is 1. The average molecular weight is 183 g/mol. The van der Waals surface area contributed by atoms with E-state index in [-0.39, 0.29) is 0 Å². The van der Waals surface area contributed by atoms with Crippen LogP contribution in [0.5, 0.6) is 5.88 Å². The predicted molar refractivity (Wildman–Crippen MR) is 47.5 cm³/mol. The molecule has 0 aliphatic rings. The van der Waals surface area contributed by atoms with Gasteiger partial charge in [0, 0.05) is 18.9 Å². The first-order valence-electron chi connectivity index (χ1n) is 3.97. The molecule has 13 heavy (non-hydrogen) atoms. The van der Waals surface area contributed by atoms with Crippen LogP contribution in [-0.4, -0.2) is 35.8 Å². The van der Waals surface area contributed by atoms with Crippen molar-refractivity contribution in [1.82, 2.24) is 15.3 Å². The monoisotopic (exact) mass is 183 g/mol. The van der Waals surface area contributed by atoms with Gasteiger partial charge in [0.1, 0.15) is 11.8 Å². The molecule has 1 rings (SSSR count). The Morgan fingerprint density at radius 3 is 2.85 bits per heavy atom. The molecule has 1 unspecified atom stereocenters. The fourth-order valence-electron chi connectivity index (χ4n) is 1.01. The number of nitrogens with zero attached hydrogens (tertiary/aromatic N) is 2. The quantitative estimate of drug-likeness (QED) is 0.673. The van der Waals surface area contributed by atoms with Crippen molar-refractivity contribution < 1.29 is 9.84 Å². The van der Waals surface area contributed by atoms with Crippen LogP contribution in [0.15, 0.2) is 12.4 Å². The van der Waals surface area contributed by atoms with E-state index in [2.05, 4.69) is 15.3 Å². The highest BCUT2D eigenvalue weighted by Crippen LogP contribution is 2.18. The Kier molecular flexibility index (Phi) is 3.60. The van der Waals surface area contributed by atoms with Gasteiger partial charge in [0.25, 0.3) is 0 Å². The van der Waals surface area contributed by atoms with Crippen molar-refractivity contribution in [2.24, 2.45) is 0 Å². The largest absolute Gasteiger partial charge is 0.480 e. The van der Waals surface area contributed by atoms with Crippen LogP contribution in [0.1, 0.15) is 11.8 Å². The lowest BCUT2D eigenvalue weighted by Crippen LogP contribution is -2.18. The normalized spacial score (nSPS) is 12.5. The zero-order chi connectivity index (χ0) is 9.68. The second-order valence-electron chi connectivity index (χ2n) is 2.52. The summed E-state index contributed by atoms with van der Waals surface area (Å²) in [5, 5.41) is 12.4. The second kappa shape index (κ2) is 4.74. The molecule has 1 aromatic rings. The van der Waals surface area contributed by atoms with E-state index >= 15 is 0 Å². The smallest absolute Gasteiger partial charge is 0.238 e. The van der Waals surface area contributed by atoms with Gasteiger partial charge < -0.3 is 15.2 Å². The lowest BCUT2D eigenvalue weighted by atomic mass is 10.2. The van der Waals surface area contributed by atoms with Gasteiger partial charge >= 0.3 is 0 Å². The summed E-state index contributed by atoms with van der Waals surface area (Å²) in [4.78, 5) is 7.92. The van der Waals surface area contributed by atoms with Crippen molar-refractivity contribution in [3.63, 3.8) is 0 Å². The van der Waals surface area contributed by atoms with Crippen molar-refractivity contribution in [3.05, 3.63) is 18.1 Å².